The van der Waals surface area contributed by atoms with E-state index in [9.17, 15) is 22.4 Å². The van der Waals surface area contributed by atoms with Crippen LogP contribution < -0.4 is 4.72 Å². The number of sulfonamides is 1. The maximum atomic E-state index is 14.3. The fourth-order valence-electron chi connectivity index (χ4n) is 6.68. The largest absolute Gasteiger partial charge is 0.460 e. The maximum Gasteiger partial charge on any atom is 0.308 e. The summed E-state index contributed by atoms with van der Waals surface area (Å²) in [6.07, 6.45) is 6.87. The van der Waals surface area contributed by atoms with Gasteiger partial charge in [0.05, 0.1) is 36.3 Å². The molecule has 0 radical (unpaired) electrons. The third-order valence-corrected chi connectivity index (χ3v) is 9.05. The molecule has 268 valence electrons. The number of carbonyl (C=O) groups is 2. The summed E-state index contributed by atoms with van der Waals surface area (Å²) >= 11 is 0. The van der Waals surface area contributed by atoms with Crippen LogP contribution in [0.2, 0.25) is 0 Å². The van der Waals surface area contributed by atoms with E-state index in [-0.39, 0.29) is 35.8 Å². The second-order valence-corrected chi connectivity index (χ2v) is 16.6. The van der Waals surface area contributed by atoms with Crippen LogP contribution in [0.1, 0.15) is 106 Å². The standard InChI is InChI=1S/C39H47FN2O7S/c1-23(2)35-31(19-18-28-21-29(48-39(6,7)47-28)22-33(43)49-38(3,4)5)34(25-14-16-27(40)17-15-25)30-11-9-10-24-12-13-26(20-32(24)36(30)41-35)37(44)42-50(8,45)46/h12-20,23,28-29H,9-11,21-22H2,1-8H3,(H,42,44)/t28-,29-/m1/s1. The van der Waals surface area contributed by atoms with Gasteiger partial charge in [-0.1, -0.05) is 44.2 Å². The van der Waals surface area contributed by atoms with E-state index < -0.39 is 33.4 Å². The summed E-state index contributed by atoms with van der Waals surface area (Å²) in [5.41, 5.74) is 6.44. The number of ether oxygens (including phenoxy) is 3. The summed E-state index contributed by atoms with van der Waals surface area (Å²) in [6.45, 7) is 13.3. The molecule has 1 saturated heterocycles. The highest BCUT2D eigenvalue weighted by atomic mass is 32.2. The van der Waals surface area contributed by atoms with Crippen LogP contribution in [0.3, 0.4) is 0 Å². The highest BCUT2D eigenvalue weighted by Gasteiger charge is 2.36. The zero-order valence-electron chi connectivity index (χ0n) is 30.1. The van der Waals surface area contributed by atoms with Gasteiger partial charge < -0.3 is 14.2 Å². The number of aromatic nitrogens is 1. The summed E-state index contributed by atoms with van der Waals surface area (Å²) in [7, 11) is -3.76. The molecule has 50 heavy (non-hydrogen) atoms. The number of aryl methyl sites for hydroxylation is 1. The van der Waals surface area contributed by atoms with Crippen LogP contribution in [0.4, 0.5) is 4.39 Å². The van der Waals surface area contributed by atoms with Gasteiger partial charge in [-0.3, -0.25) is 14.6 Å². The zero-order chi connectivity index (χ0) is 36.6. The van der Waals surface area contributed by atoms with Crippen molar-refractivity contribution in [3.8, 4) is 22.4 Å². The van der Waals surface area contributed by atoms with Crippen molar-refractivity contribution in [2.75, 3.05) is 6.26 Å². The van der Waals surface area contributed by atoms with Gasteiger partial charge in [0.15, 0.2) is 5.79 Å². The molecule has 0 bridgehead atoms. The highest BCUT2D eigenvalue weighted by Crippen LogP contribution is 2.42. The number of esters is 1. The van der Waals surface area contributed by atoms with E-state index in [1.54, 1.807) is 24.3 Å². The summed E-state index contributed by atoms with van der Waals surface area (Å²) in [5, 5.41) is 0. The number of amides is 1. The minimum absolute atomic E-state index is 0.0328. The average Bonchev–Trinajstić information content (AvgIpc) is 3.16. The Balaban J connectivity index is 1.63. The third-order valence-electron chi connectivity index (χ3n) is 8.50. The molecule has 0 unspecified atom stereocenters. The van der Waals surface area contributed by atoms with Gasteiger partial charge in [-0.05, 0) is 106 Å². The van der Waals surface area contributed by atoms with Crippen molar-refractivity contribution in [3.63, 3.8) is 0 Å². The Labute approximate surface area is 294 Å². The predicted octanol–water partition coefficient (Wildman–Crippen LogP) is 7.51. The second kappa shape index (κ2) is 14.4. The summed E-state index contributed by atoms with van der Waals surface area (Å²) in [6, 6.07) is 11.6. The van der Waals surface area contributed by atoms with E-state index in [0.29, 0.717) is 18.5 Å². The average molecular weight is 707 g/mol. The second-order valence-electron chi connectivity index (χ2n) is 14.9. The molecule has 1 fully saturated rings. The molecular formula is C39H47FN2O7S. The van der Waals surface area contributed by atoms with Crippen LogP contribution in [0.5, 0.6) is 0 Å². The summed E-state index contributed by atoms with van der Waals surface area (Å²) in [5.74, 6) is -2.38. The Kier molecular flexibility index (Phi) is 10.7. The van der Waals surface area contributed by atoms with Gasteiger partial charge >= 0.3 is 5.97 Å². The number of hydrogen-bond acceptors (Lipinski definition) is 8. The Morgan fingerprint density at radius 3 is 2.44 bits per heavy atom. The van der Waals surface area contributed by atoms with Crippen LogP contribution in [0.25, 0.3) is 28.5 Å². The van der Waals surface area contributed by atoms with E-state index >= 15 is 0 Å². The fourth-order valence-corrected chi connectivity index (χ4v) is 7.14. The number of nitrogens with one attached hydrogen (secondary N) is 1. The molecule has 0 saturated carbocycles. The molecule has 1 aromatic heterocycles. The third kappa shape index (κ3) is 9.24. The molecule has 1 amide bonds. The topological polar surface area (TPSA) is 121 Å². The molecule has 1 aliphatic carbocycles. The van der Waals surface area contributed by atoms with Crippen molar-refractivity contribution in [1.82, 2.24) is 9.71 Å². The summed E-state index contributed by atoms with van der Waals surface area (Å²) in [4.78, 5) is 30.9. The lowest BCUT2D eigenvalue weighted by Crippen LogP contribution is -2.45. The van der Waals surface area contributed by atoms with Gasteiger partial charge in [0.1, 0.15) is 11.4 Å². The van der Waals surface area contributed by atoms with E-state index in [4.69, 9.17) is 19.2 Å². The first-order valence-electron chi connectivity index (χ1n) is 17.0. The normalized spacial score (nSPS) is 19.1. The number of benzene rings is 2. The van der Waals surface area contributed by atoms with Crippen LogP contribution in [0, 0.1) is 5.82 Å². The first-order valence-corrected chi connectivity index (χ1v) is 18.9. The molecule has 2 heterocycles. The molecule has 3 aromatic rings. The minimum Gasteiger partial charge on any atom is -0.460 e. The van der Waals surface area contributed by atoms with E-state index in [2.05, 4.69) is 18.6 Å². The van der Waals surface area contributed by atoms with E-state index in [1.807, 2.05) is 52.8 Å². The quantitative estimate of drug-likeness (QED) is 0.239. The highest BCUT2D eigenvalue weighted by molar-refractivity contribution is 7.89. The Hall–Kier alpha value is -3.93. The minimum atomic E-state index is -3.76. The van der Waals surface area contributed by atoms with Gasteiger partial charge in [0.25, 0.3) is 5.91 Å². The van der Waals surface area contributed by atoms with Gasteiger partial charge in [-0.25, -0.2) is 17.5 Å². The van der Waals surface area contributed by atoms with Gasteiger partial charge in [0.2, 0.25) is 10.0 Å². The number of hydrogen-bond donors (Lipinski definition) is 1. The number of halogens is 1. The van der Waals surface area contributed by atoms with Crippen LogP contribution in [-0.2, 0) is 41.9 Å². The smallest absolute Gasteiger partial charge is 0.308 e. The van der Waals surface area contributed by atoms with E-state index in [0.717, 1.165) is 58.2 Å². The predicted molar refractivity (Wildman–Crippen MR) is 191 cm³/mol. The number of nitrogens with zero attached hydrogens (tertiary/aromatic N) is 1. The first-order chi connectivity index (χ1) is 23.3. The monoisotopic (exact) mass is 706 g/mol. The number of carbonyl (C=O) groups excluding carboxylic acids is 2. The van der Waals surface area contributed by atoms with Crippen LogP contribution >= 0.6 is 0 Å². The van der Waals surface area contributed by atoms with Crippen molar-refractivity contribution >= 4 is 28.0 Å². The van der Waals surface area contributed by atoms with Crippen LogP contribution in [0.15, 0.2) is 48.5 Å². The van der Waals surface area contributed by atoms with Crippen molar-refractivity contribution in [1.29, 1.82) is 0 Å². The van der Waals surface area contributed by atoms with Crippen molar-refractivity contribution < 1.29 is 36.6 Å². The molecular weight excluding hydrogens is 660 g/mol. The molecule has 2 atom stereocenters. The van der Waals surface area contributed by atoms with Gasteiger partial charge in [-0.15, -0.1) is 0 Å². The molecule has 11 heteroatoms. The number of fused-ring (bicyclic) bond motifs is 3. The zero-order valence-corrected chi connectivity index (χ0v) is 30.9. The summed E-state index contributed by atoms with van der Waals surface area (Å²) < 4.78 is 58.0. The Bertz CT molecular complexity index is 1910. The number of pyridine rings is 1. The molecule has 1 aliphatic heterocycles. The lowest BCUT2D eigenvalue weighted by atomic mass is 9.86. The lowest BCUT2D eigenvalue weighted by Gasteiger charge is -2.40. The fraction of sp³-hybridized carbons (Fsp3) is 0.462. The van der Waals surface area contributed by atoms with Gasteiger partial charge in [-0.2, -0.15) is 0 Å². The molecule has 2 aliphatic rings. The van der Waals surface area contributed by atoms with Crippen LogP contribution in [-0.4, -0.2) is 55.1 Å². The molecule has 0 spiro atoms. The van der Waals surface area contributed by atoms with Crippen molar-refractivity contribution in [3.05, 3.63) is 82.3 Å². The first kappa shape index (κ1) is 37.3. The van der Waals surface area contributed by atoms with E-state index in [1.165, 1.54) is 12.1 Å². The Morgan fingerprint density at radius 1 is 1.10 bits per heavy atom. The SMILES string of the molecule is CC(C)c1nc2c(c(-c3ccc(F)cc3)c1C=C[C@@H]1C[C@H](CC(=O)OC(C)(C)C)OC(C)(C)O1)CCCc1ccc(C(=O)NS(C)(=O)=O)cc1-2. The molecule has 5 rings (SSSR count). The maximum absolute atomic E-state index is 14.3. The van der Waals surface area contributed by atoms with Gasteiger partial charge in [0, 0.05) is 23.1 Å². The van der Waals surface area contributed by atoms with Crippen molar-refractivity contribution in [2.24, 2.45) is 0 Å². The van der Waals surface area contributed by atoms with Crippen molar-refractivity contribution in [2.45, 2.75) is 110 Å². The molecule has 2 aromatic carbocycles. The molecule has 9 nitrogen and oxygen atoms in total. The number of rotatable bonds is 8. The Morgan fingerprint density at radius 2 is 1.80 bits per heavy atom. The molecule has 1 N–H and O–H groups in total. The lowest BCUT2D eigenvalue weighted by molar-refractivity contribution is -0.290.